The van der Waals surface area contributed by atoms with E-state index in [4.69, 9.17) is 9.47 Å². The average Bonchev–Trinajstić information content (AvgIpc) is 2.81. The summed E-state index contributed by atoms with van der Waals surface area (Å²) in [7, 11) is 1.65. The van der Waals surface area contributed by atoms with Crippen LogP contribution in [0.4, 0.5) is 8.78 Å². The Kier molecular flexibility index (Phi) is 4.85. The predicted molar refractivity (Wildman–Crippen MR) is 67.9 cm³/mol. The van der Waals surface area contributed by atoms with Crippen LogP contribution >= 0.6 is 0 Å². The van der Waals surface area contributed by atoms with Crippen molar-refractivity contribution in [2.24, 2.45) is 0 Å². The lowest BCUT2D eigenvalue weighted by molar-refractivity contribution is 0.0910. The van der Waals surface area contributed by atoms with Crippen LogP contribution in [0.3, 0.4) is 0 Å². The van der Waals surface area contributed by atoms with E-state index in [1.807, 2.05) is 6.92 Å². The number of ether oxygens (including phenoxy) is 2. The Bertz CT molecular complexity index is 428. The number of rotatable bonds is 5. The van der Waals surface area contributed by atoms with E-state index in [1.165, 1.54) is 6.07 Å². The molecule has 3 atom stereocenters. The van der Waals surface area contributed by atoms with Crippen LogP contribution in [0.1, 0.15) is 25.0 Å². The summed E-state index contributed by atoms with van der Waals surface area (Å²) in [6, 6.07) is 4.20. The Hall–Kier alpha value is -1.04. The SMILES string of the molecule is COC[C@H](C)N[C@H]1CCO[C@H]1c1ccc(F)c(F)c1. The van der Waals surface area contributed by atoms with Gasteiger partial charge in [-0.05, 0) is 31.0 Å². The summed E-state index contributed by atoms with van der Waals surface area (Å²) in [4.78, 5) is 0. The molecule has 0 bridgehead atoms. The average molecular weight is 271 g/mol. The minimum absolute atomic E-state index is 0.0926. The summed E-state index contributed by atoms with van der Waals surface area (Å²) in [6.45, 7) is 3.23. The van der Waals surface area contributed by atoms with E-state index in [0.717, 1.165) is 12.5 Å². The Labute approximate surface area is 111 Å². The first kappa shape index (κ1) is 14.4. The van der Waals surface area contributed by atoms with Crippen LogP contribution in [0.5, 0.6) is 0 Å². The molecule has 5 heteroatoms. The summed E-state index contributed by atoms with van der Waals surface area (Å²) in [5.74, 6) is -1.67. The fourth-order valence-corrected chi connectivity index (χ4v) is 2.44. The fourth-order valence-electron chi connectivity index (χ4n) is 2.44. The van der Waals surface area contributed by atoms with Gasteiger partial charge in [-0.2, -0.15) is 0 Å². The van der Waals surface area contributed by atoms with Crippen molar-refractivity contribution in [1.29, 1.82) is 0 Å². The highest BCUT2D eigenvalue weighted by Gasteiger charge is 2.30. The summed E-state index contributed by atoms with van der Waals surface area (Å²) >= 11 is 0. The third-order valence-electron chi connectivity index (χ3n) is 3.28. The molecule has 0 aliphatic carbocycles. The zero-order valence-electron chi connectivity index (χ0n) is 11.2. The number of hydrogen-bond donors (Lipinski definition) is 1. The van der Waals surface area contributed by atoms with Gasteiger partial charge in [0.05, 0.1) is 12.7 Å². The third kappa shape index (κ3) is 3.49. The zero-order chi connectivity index (χ0) is 13.8. The molecule has 2 rings (SSSR count). The molecule has 0 aromatic heterocycles. The van der Waals surface area contributed by atoms with Gasteiger partial charge >= 0.3 is 0 Å². The van der Waals surface area contributed by atoms with Crippen molar-refractivity contribution >= 4 is 0 Å². The summed E-state index contributed by atoms with van der Waals surface area (Å²) in [5, 5.41) is 3.40. The molecule has 0 radical (unpaired) electrons. The van der Waals surface area contributed by atoms with Crippen LogP contribution in [-0.2, 0) is 9.47 Å². The first-order valence-corrected chi connectivity index (χ1v) is 6.43. The van der Waals surface area contributed by atoms with Gasteiger partial charge in [0.25, 0.3) is 0 Å². The number of hydrogen-bond acceptors (Lipinski definition) is 3. The molecule has 1 saturated heterocycles. The molecule has 19 heavy (non-hydrogen) atoms. The summed E-state index contributed by atoms with van der Waals surface area (Å²) < 4.78 is 36.9. The summed E-state index contributed by atoms with van der Waals surface area (Å²) in [6.07, 6.45) is 0.604. The molecule has 1 aromatic rings. The van der Waals surface area contributed by atoms with Crippen molar-refractivity contribution in [2.45, 2.75) is 31.5 Å². The Morgan fingerprint density at radius 1 is 1.42 bits per heavy atom. The molecule has 1 aliphatic rings. The monoisotopic (exact) mass is 271 g/mol. The standard InChI is InChI=1S/C14H19F2NO2/c1-9(8-18-2)17-13-5-6-19-14(13)10-3-4-11(15)12(16)7-10/h3-4,7,9,13-14,17H,5-6,8H2,1-2H3/t9-,13-,14-/m0/s1. The molecule has 0 amide bonds. The molecule has 1 aromatic carbocycles. The van der Waals surface area contributed by atoms with Gasteiger partial charge in [-0.1, -0.05) is 6.07 Å². The fraction of sp³-hybridized carbons (Fsp3) is 0.571. The van der Waals surface area contributed by atoms with Crippen molar-refractivity contribution in [3.05, 3.63) is 35.4 Å². The van der Waals surface area contributed by atoms with Gasteiger partial charge in [0.15, 0.2) is 11.6 Å². The quantitative estimate of drug-likeness (QED) is 0.892. The van der Waals surface area contributed by atoms with E-state index in [9.17, 15) is 8.78 Å². The van der Waals surface area contributed by atoms with E-state index in [-0.39, 0.29) is 18.2 Å². The Morgan fingerprint density at radius 2 is 2.21 bits per heavy atom. The number of halogens is 2. The molecule has 0 saturated carbocycles. The van der Waals surface area contributed by atoms with Gasteiger partial charge in [-0.3, -0.25) is 0 Å². The van der Waals surface area contributed by atoms with E-state index in [2.05, 4.69) is 5.32 Å². The molecule has 1 aliphatic heterocycles. The van der Waals surface area contributed by atoms with Crippen LogP contribution in [-0.4, -0.2) is 32.4 Å². The first-order chi connectivity index (χ1) is 9.11. The van der Waals surface area contributed by atoms with Crippen LogP contribution in [0.25, 0.3) is 0 Å². The molecule has 3 nitrogen and oxygen atoms in total. The van der Waals surface area contributed by atoms with E-state index < -0.39 is 11.6 Å². The molecule has 1 fully saturated rings. The van der Waals surface area contributed by atoms with Crippen LogP contribution in [0.15, 0.2) is 18.2 Å². The Balaban J connectivity index is 2.07. The molecule has 106 valence electrons. The maximum Gasteiger partial charge on any atom is 0.159 e. The third-order valence-corrected chi connectivity index (χ3v) is 3.28. The predicted octanol–water partition coefficient (Wildman–Crippen LogP) is 2.42. The van der Waals surface area contributed by atoms with Crippen molar-refractivity contribution in [2.75, 3.05) is 20.3 Å². The Morgan fingerprint density at radius 3 is 2.89 bits per heavy atom. The van der Waals surface area contributed by atoms with Gasteiger partial charge in [0.2, 0.25) is 0 Å². The van der Waals surface area contributed by atoms with Gasteiger partial charge in [0.1, 0.15) is 0 Å². The lowest BCUT2D eigenvalue weighted by Gasteiger charge is -2.24. The van der Waals surface area contributed by atoms with E-state index >= 15 is 0 Å². The van der Waals surface area contributed by atoms with Crippen molar-refractivity contribution in [1.82, 2.24) is 5.32 Å². The van der Waals surface area contributed by atoms with Crippen molar-refractivity contribution in [3.63, 3.8) is 0 Å². The van der Waals surface area contributed by atoms with Crippen molar-refractivity contribution < 1.29 is 18.3 Å². The maximum atomic E-state index is 13.3. The highest BCUT2D eigenvalue weighted by atomic mass is 19.2. The minimum Gasteiger partial charge on any atom is -0.383 e. The normalized spacial score (nSPS) is 24.6. The van der Waals surface area contributed by atoms with Gasteiger partial charge in [0, 0.05) is 25.8 Å². The van der Waals surface area contributed by atoms with Gasteiger partial charge < -0.3 is 14.8 Å². The molecular weight excluding hydrogens is 252 g/mol. The van der Waals surface area contributed by atoms with E-state index in [1.54, 1.807) is 13.2 Å². The smallest absolute Gasteiger partial charge is 0.159 e. The number of methoxy groups -OCH3 is 1. The largest absolute Gasteiger partial charge is 0.383 e. The molecular formula is C14H19F2NO2. The lowest BCUT2D eigenvalue weighted by Crippen LogP contribution is -2.40. The zero-order valence-corrected chi connectivity index (χ0v) is 11.2. The maximum absolute atomic E-state index is 13.3. The molecule has 0 unspecified atom stereocenters. The molecule has 1 N–H and O–H groups in total. The molecule has 0 spiro atoms. The van der Waals surface area contributed by atoms with Gasteiger partial charge in [-0.15, -0.1) is 0 Å². The number of nitrogens with one attached hydrogen (secondary N) is 1. The van der Waals surface area contributed by atoms with Gasteiger partial charge in [-0.25, -0.2) is 8.78 Å². The summed E-state index contributed by atoms with van der Waals surface area (Å²) in [5.41, 5.74) is 0.665. The lowest BCUT2D eigenvalue weighted by atomic mass is 10.0. The van der Waals surface area contributed by atoms with E-state index in [0.29, 0.717) is 18.8 Å². The first-order valence-electron chi connectivity index (χ1n) is 6.43. The highest BCUT2D eigenvalue weighted by Crippen LogP contribution is 2.30. The number of benzene rings is 1. The van der Waals surface area contributed by atoms with Crippen LogP contribution < -0.4 is 5.32 Å². The molecule has 1 heterocycles. The topological polar surface area (TPSA) is 30.5 Å². The van der Waals surface area contributed by atoms with Crippen molar-refractivity contribution in [3.8, 4) is 0 Å². The second-order valence-electron chi connectivity index (χ2n) is 4.88. The second-order valence-corrected chi connectivity index (χ2v) is 4.88. The van der Waals surface area contributed by atoms with Crippen LogP contribution in [0, 0.1) is 11.6 Å². The van der Waals surface area contributed by atoms with Crippen LogP contribution in [0.2, 0.25) is 0 Å². The highest BCUT2D eigenvalue weighted by molar-refractivity contribution is 5.22. The minimum atomic E-state index is -0.836. The second kappa shape index (κ2) is 6.41.